The summed E-state index contributed by atoms with van der Waals surface area (Å²) >= 11 is 0. The van der Waals surface area contributed by atoms with Gasteiger partial charge in [0.25, 0.3) is 11.8 Å². The quantitative estimate of drug-likeness (QED) is 0.826. The number of para-hydroxylation sites is 1. The van der Waals surface area contributed by atoms with Gasteiger partial charge in [0, 0.05) is 0 Å². The first-order valence-electron chi connectivity index (χ1n) is 7.02. The third-order valence-electron chi connectivity index (χ3n) is 3.06. The van der Waals surface area contributed by atoms with Crippen LogP contribution < -0.4 is 20.3 Å². The standard InChI is InChI=1S/C17H18N2O4/c1-12-7-9-13(10-8-12)23-11-16(20)18-19-17(21)14-5-3-4-6-15(14)22-2/h3-10H,11H2,1-2H3,(H,18,20)(H,19,21). The zero-order chi connectivity index (χ0) is 16.7. The smallest absolute Gasteiger partial charge is 0.276 e. The normalized spacial score (nSPS) is 9.83. The summed E-state index contributed by atoms with van der Waals surface area (Å²) in [5.74, 6) is 0.0805. The monoisotopic (exact) mass is 314 g/mol. The third kappa shape index (κ3) is 4.74. The maximum Gasteiger partial charge on any atom is 0.276 e. The number of methoxy groups -OCH3 is 1. The number of carbonyl (C=O) groups is 2. The van der Waals surface area contributed by atoms with E-state index in [4.69, 9.17) is 9.47 Å². The molecule has 2 amide bonds. The lowest BCUT2D eigenvalue weighted by molar-refractivity contribution is -0.123. The van der Waals surface area contributed by atoms with Crippen LogP contribution in [0.2, 0.25) is 0 Å². The lowest BCUT2D eigenvalue weighted by Gasteiger charge is -2.10. The van der Waals surface area contributed by atoms with Crippen LogP contribution >= 0.6 is 0 Å². The highest BCUT2D eigenvalue weighted by molar-refractivity contribution is 5.97. The molecule has 0 atom stereocenters. The minimum atomic E-state index is -0.467. The Kier molecular flexibility index (Phi) is 5.57. The summed E-state index contributed by atoms with van der Waals surface area (Å²) in [6.45, 7) is 1.76. The minimum Gasteiger partial charge on any atom is -0.496 e. The number of hydrogen-bond donors (Lipinski definition) is 2. The molecule has 0 radical (unpaired) electrons. The molecule has 2 rings (SSSR count). The Morgan fingerprint density at radius 1 is 1.00 bits per heavy atom. The highest BCUT2D eigenvalue weighted by Gasteiger charge is 2.12. The second-order valence-corrected chi connectivity index (χ2v) is 4.80. The number of aryl methyl sites for hydroxylation is 1. The highest BCUT2D eigenvalue weighted by atomic mass is 16.5. The molecule has 0 bridgehead atoms. The molecule has 0 fully saturated rings. The second-order valence-electron chi connectivity index (χ2n) is 4.80. The topological polar surface area (TPSA) is 76.7 Å². The van der Waals surface area contributed by atoms with E-state index >= 15 is 0 Å². The molecule has 0 heterocycles. The van der Waals surface area contributed by atoms with Crippen molar-refractivity contribution in [1.82, 2.24) is 10.9 Å². The van der Waals surface area contributed by atoms with Crippen molar-refractivity contribution in [3.8, 4) is 11.5 Å². The van der Waals surface area contributed by atoms with E-state index in [1.54, 1.807) is 36.4 Å². The van der Waals surface area contributed by atoms with Crippen molar-refractivity contribution in [2.24, 2.45) is 0 Å². The Balaban J connectivity index is 1.82. The summed E-state index contributed by atoms with van der Waals surface area (Å²) in [7, 11) is 1.47. The Labute approximate surface area is 134 Å². The van der Waals surface area contributed by atoms with Crippen molar-refractivity contribution in [3.05, 3.63) is 59.7 Å². The Morgan fingerprint density at radius 3 is 2.39 bits per heavy atom. The molecule has 2 aromatic rings. The molecular formula is C17H18N2O4. The predicted molar refractivity (Wildman–Crippen MR) is 85.3 cm³/mol. The molecule has 6 heteroatoms. The van der Waals surface area contributed by atoms with Gasteiger partial charge in [0.2, 0.25) is 0 Å². The Hall–Kier alpha value is -3.02. The number of carbonyl (C=O) groups excluding carboxylic acids is 2. The van der Waals surface area contributed by atoms with Crippen LogP contribution in [-0.4, -0.2) is 25.5 Å². The molecule has 23 heavy (non-hydrogen) atoms. The largest absolute Gasteiger partial charge is 0.496 e. The van der Waals surface area contributed by atoms with Crippen molar-refractivity contribution < 1.29 is 19.1 Å². The molecule has 120 valence electrons. The van der Waals surface area contributed by atoms with Gasteiger partial charge in [-0.1, -0.05) is 29.8 Å². The number of benzene rings is 2. The van der Waals surface area contributed by atoms with Crippen molar-refractivity contribution in [1.29, 1.82) is 0 Å². The minimum absolute atomic E-state index is 0.199. The maximum absolute atomic E-state index is 12.0. The van der Waals surface area contributed by atoms with E-state index in [1.807, 2.05) is 19.1 Å². The summed E-state index contributed by atoms with van der Waals surface area (Å²) < 4.78 is 10.4. The predicted octanol–water partition coefficient (Wildman–Crippen LogP) is 1.84. The summed E-state index contributed by atoms with van der Waals surface area (Å²) in [4.78, 5) is 23.7. The van der Waals surface area contributed by atoms with Gasteiger partial charge in [-0.15, -0.1) is 0 Å². The number of hydrogen-bond acceptors (Lipinski definition) is 4. The van der Waals surface area contributed by atoms with E-state index in [0.29, 0.717) is 17.1 Å². The van der Waals surface area contributed by atoms with Crippen molar-refractivity contribution in [3.63, 3.8) is 0 Å². The fourth-order valence-electron chi connectivity index (χ4n) is 1.85. The maximum atomic E-state index is 12.0. The molecule has 0 spiro atoms. The fraction of sp³-hybridized carbons (Fsp3) is 0.176. The van der Waals surface area contributed by atoms with Crippen LogP contribution in [0.4, 0.5) is 0 Å². The molecular weight excluding hydrogens is 296 g/mol. The number of rotatable bonds is 5. The lowest BCUT2D eigenvalue weighted by Crippen LogP contribution is -2.43. The van der Waals surface area contributed by atoms with E-state index in [9.17, 15) is 9.59 Å². The van der Waals surface area contributed by atoms with Gasteiger partial charge in [0.05, 0.1) is 12.7 Å². The third-order valence-corrected chi connectivity index (χ3v) is 3.06. The molecule has 6 nitrogen and oxygen atoms in total. The fourth-order valence-corrected chi connectivity index (χ4v) is 1.85. The summed E-state index contributed by atoms with van der Waals surface area (Å²) in [6, 6.07) is 14.0. The average molecular weight is 314 g/mol. The number of nitrogens with one attached hydrogen (secondary N) is 2. The van der Waals surface area contributed by atoms with Crippen LogP contribution in [0.25, 0.3) is 0 Å². The van der Waals surface area contributed by atoms with Crippen LogP contribution in [0.5, 0.6) is 11.5 Å². The molecule has 0 saturated carbocycles. The van der Waals surface area contributed by atoms with Gasteiger partial charge in [-0.3, -0.25) is 20.4 Å². The molecule has 2 aromatic carbocycles. The van der Waals surface area contributed by atoms with Gasteiger partial charge in [0.1, 0.15) is 11.5 Å². The van der Waals surface area contributed by atoms with E-state index in [2.05, 4.69) is 10.9 Å². The lowest BCUT2D eigenvalue weighted by atomic mass is 10.2. The first-order valence-corrected chi connectivity index (χ1v) is 7.02. The van der Waals surface area contributed by atoms with Crippen molar-refractivity contribution in [2.45, 2.75) is 6.92 Å². The van der Waals surface area contributed by atoms with E-state index < -0.39 is 11.8 Å². The van der Waals surface area contributed by atoms with Crippen molar-refractivity contribution in [2.75, 3.05) is 13.7 Å². The van der Waals surface area contributed by atoms with Crippen LogP contribution in [0, 0.1) is 6.92 Å². The molecule has 0 aliphatic rings. The second kappa shape index (κ2) is 7.84. The molecule has 0 unspecified atom stereocenters. The molecule has 2 N–H and O–H groups in total. The van der Waals surface area contributed by atoms with E-state index in [1.165, 1.54) is 7.11 Å². The number of ether oxygens (including phenoxy) is 2. The van der Waals surface area contributed by atoms with Crippen LogP contribution in [-0.2, 0) is 4.79 Å². The zero-order valence-corrected chi connectivity index (χ0v) is 13.0. The summed E-state index contributed by atoms with van der Waals surface area (Å²) in [5, 5.41) is 0. The number of hydrazine groups is 1. The highest BCUT2D eigenvalue weighted by Crippen LogP contribution is 2.16. The van der Waals surface area contributed by atoms with Gasteiger partial charge >= 0.3 is 0 Å². The molecule has 0 aromatic heterocycles. The molecule has 0 aliphatic carbocycles. The van der Waals surface area contributed by atoms with Gasteiger partial charge in [0.15, 0.2) is 6.61 Å². The Bertz CT molecular complexity index is 683. The SMILES string of the molecule is COc1ccccc1C(=O)NNC(=O)COc1ccc(C)cc1. The summed E-state index contributed by atoms with van der Waals surface area (Å²) in [5.41, 5.74) is 6.05. The van der Waals surface area contributed by atoms with Gasteiger partial charge in [-0.25, -0.2) is 0 Å². The van der Waals surface area contributed by atoms with Crippen LogP contribution in [0.15, 0.2) is 48.5 Å². The van der Waals surface area contributed by atoms with Gasteiger partial charge in [-0.2, -0.15) is 0 Å². The zero-order valence-electron chi connectivity index (χ0n) is 13.0. The van der Waals surface area contributed by atoms with Crippen LogP contribution in [0.3, 0.4) is 0 Å². The summed E-state index contributed by atoms with van der Waals surface area (Å²) in [6.07, 6.45) is 0. The van der Waals surface area contributed by atoms with E-state index in [0.717, 1.165) is 5.56 Å². The molecule has 0 aliphatic heterocycles. The Morgan fingerprint density at radius 2 is 1.70 bits per heavy atom. The van der Waals surface area contributed by atoms with Crippen molar-refractivity contribution >= 4 is 11.8 Å². The number of amides is 2. The first kappa shape index (κ1) is 16.4. The van der Waals surface area contributed by atoms with Gasteiger partial charge in [-0.05, 0) is 31.2 Å². The first-order chi connectivity index (χ1) is 11.1. The van der Waals surface area contributed by atoms with Crippen LogP contribution in [0.1, 0.15) is 15.9 Å². The van der Waals surface area contributed by atoms with Gasteiger partial charge < -0.3 is 9.47 Å². The average Bonchev–Trinajstić information content (AvgIpc) is 2.59. The molecule has 0 saturated heterocycles. The van der Waals surface area contributed by atoms with E-state index in [-0.39, 0.29) is 6.61 Å².